The Bertz CT molecular complexity index is 976. The second-order valence-corrected chi connectivity index (χ2v) is 6.05. The quantitative estimate of drug-likeness (QED) is 0.728. The van der Waals surface area contributed by atoms with Gasteiger partial charge in [0.1, 0.15) is 17.4 Å². The number of carbonyl (C=O) groups excluding carboxylic acids is 1. The maximum Gasteiger partial charge on any atom is 0.175 e. The summed E-state index contributed by atoms with van der Waals surface area (Å²) in [4.78, 5) is 21.5. The zero-order valence-corrected chi connectivity index (χ0v) is 14.1. The summed E-state index contributed by atoms with van der Waals surface area (Å²) in [5.41, 5.74) is 2.56. The molecule has 0 radical (unpaired) electrons. The largest absolute Gasteiger partial charge is 0.497 e. The number of pyridine rings is 2. The Balaban J connectivity index is 1.72. The molecular weight excluding hydrogens is 333 g/mol. The van der Waals surface area contributed by atoms with Gasteiger partial charge < -0.3 is 10.1 Å². The third kappa shape index (κ3) is 2.79. The fourth-order valence-electron chi connectivity index (χ4n) is 3.14. The van der Waals surface area contributed by atoms with Crippen LogP contribution in [0.1, 0.15) is 21.8 Å². The molecule has 0 bridgehead atoms. The maximum absolute atomic E-state index is 14.2. The highest BCUT2D eigenvalue weighted by atomic mass is 19.1. The van der Waals surface area contributed by atoms with Crippen molar-refractivity contribution in [1.82, 2.24) is 9.97 Å². The molecule has 3 heterocycles. The second kappa shape index (κ2) is 6.55. The lowest BCUT2D eigenvalue weighted by atomic mass is 9.91. The molecule has 1 aliphatic heterocycles. The molecule has 0 spiro atoms. The van der Waals surface area contributed by atoms with E-state index in [2.05, 4.69) is 15.3 Å². The number of hydrogen-bond donors (Lipinski definition) is 1. The number of nitrogens with zero attached hydrogens (tertiary/aromatic N) is 2. The van der Waals surface area contributed by atoms with Gasteiger partial charge in [0.2, 0.25) is 0 Å². The van der Waals surface area contributed by atoms with Crippen LogP contribution in [0.2, 0.25) is 0 Å². The van der Waals surface area contributed by atoms with Crippen molar-refractivity contribution in [3.63, 3.8) is 0 Å². The van der Waals surface area contributed by atoms with Crippen LogP contribution in [0.15, 0.2) is 55.0 Å². The van der Waals surface area contributed by atoms with Crippen molar-refractivity contribution in [2.75, 3.05) is 19.0 Å². The number of ketones is 1. The molecule has 0 aliphatic carbocycles. The van der Waals surface area contributed by atoms with Crippen LogP contribution < -0.4 is 10.1 Å². The maximum atomic E-state index is 14.2. The average Bonchev–Trinajstić information content (AvgIpc) is 3.11. The normalized spacial score (nSPS) is 15.2. The summed E-state index contributed by atoms with van der Waals surface area (Å²) >= 11 is 0. The van der Waals surface area contributed by atoms with E-state index in [0.29, 0.717) is 18.1 Å². The predicted octanol–water partition coefficient (Wildman–Crippen LogP) is 3.68. The number of halogens is 1. The lowest BCUT2D eigenvalue weighted by Gasteiger charge is -2.12. The average molecular weight is 349 g/mol. The molecule has 26 heavy (non-hydrogen) atoms. The summed E-state index contributed by atoms with van der Waals surface area (Å²) in [6, 6.07) is 9.87. The lowest BCUT2D eigenvalue weighted by molar-refractivity contribution is 0.0962. The van der Waals surface area contributed by atoms with E-state index >= 15 is 0 Å². The fourth-order valence-corrected chi connectivity index (χ4v) is 3.14. The van der Waals surface area contributed by atoms with E-state index in [0.717, 1.165) is 16.7 Å². The van der Waals surface area contributed by atoms with Gasteiger partial charge in [-0.3, -0.25) is 9.78 Å². The zero-order valence-electron chi connectivity index (χ0n) is 14.1. The summed E-state index contributed by atoms with van der Waals surface area (Å²) < 4.78 is 19.3. The van der Waals surface area contributed by atoms with E-state index < -0.39 is 11.7 Å². The molecule has 1 unspecified atom stereocenters. The molecule has 4 rings (SSSR count). The van der Waals surface area contributed by atoms with Crippen LogP contribution in [0.5, 0.6) is 5.75 Å². The van der Waals surface area contributed by atoms with Crippen molar-refractivity contribution < 1.29 is 13.9 Å². The number of benzene rings is 1. The van der Waals surface area contributed by atoms with Gasteiger partial charge in [0.15, 0.2) is 5.78 Å². The molecule has 1 aliphatic rings. The summed E-state index contributed by atoms with van der Waals surface area (Å²) in [7, 11) is 1.48. The smallest absolute Gasteiger partial charge is 0.175 e. The van der Waals surface area contributed by atoms with Crippen molar-refractivity contribution in [2.45, 2.75) is 5.92 Å². The monoisotopic (exact) mass is 349 g/mol. The minimum absolute atomic E-state index is 0.0239. The van der Waals surface area contributed by atoms with E-state index in [1.165, 1.54) is 25.3 Å². The number of carbonyl (C=O) groups is 1. The van der Waals surface area contributed by atoms with Crippen LogP contribution in [0, 0.1) is 5.82 Å². The third-order valence-electron chi connectivity index (χ3n) is 4.52. The Morgan fingerprint density at radius 2 is 2.12 bits per heavy atom. The van der Waals surface area contributed by atoms with E-state index in [1.54, 1.807) is 18.6 Å². The molecule has 0 amide bonds. The highest BCUT2D eigenvalue weighted by molar-refractivity contribution is 6.03. The molecule has 2 aromatic heterocycles. The number of fused-ring (bicyclic) bond motifs is 1. The summed E-state index contributed by atoms with van der Waals surface area (Å²) in [5.74, 6) is -0.253. The number of rotatable bonds is 4. The zero-order chi connectivity index (χ0) is 18.1. The van der Waals surface area contributed by atoms with Crippen molar-refractivity contribution >= 4 is 11.6 Å². The first-order chi connectivity index (χ1) is 12.7. The standard InChI is InChI=1S/C20H16FN3O2/c1-26-14-4-5-18(21)16(8-14)19(25)17-11-24-20-15(17)7-13(10-23-20)12-3-2-6-22-9-12/h2-10,17H,11H2,1H3,(H,23,24). The van der Waals surface area contributed by atoms with Gasteiger partial charge in [0.05, 0.1) is 18.6 Å². The molecule has 6 heteroatoms. The van der Waals surface area contributed by atoms with E-state index in [-0.39, 0.29) is 11.3 Å². The highest BCUT2D eigenvalue weighted by Gasteiger charge is 2.32. The van der Waals surface area contributed by atoms with Crippen LogP contribution in [0.25, 0.3) is 11.1 Å². The van der Waals surface area contributed by atoms with E-state index in [1.807, 2.05) is 18.2 Å². The molecule has 1 aromatic carbocycles. The number of methoxy groups -OCH3 is 1. The Labute approximate surface area is 149 Å². The lowest BCUT2D eigenvalue weighted by Crippen LogP contribution is -2.16. The number of ether oxygens (including phenoxy) is 1. The Morgan fingerprint density at radius 1 is 1.23 bits per heavy atom. The van der Waals surface area contributed by atoms with Gasteiger partial charge >= 0.3 is 0 Å². The molecular formula is C20H16FN3O2. The number of nitrogens with one attached hydrogen (secondary N) is 1. The van der Waals surface area contributed by atoms with E-state index in [9.17, 15) is 9.18 Å². The SMILES string of the molecule is COc1ccc(F)c(C(=O)C2CNc3ncc(-c4cccnc4)cc32)c1. The first-order valence-electron chi connectivity index (χ1n) is 8.19. The van der Waals surface area contributed by atoms with Gasteiger partial charge in [-0.05, 0) is 30.3 Å². The van der Waals surface area contributed by atoms with Crippen LogP contribution in [-0.2, 0) is 0 Å². The summed E-state index contributed by atoms with van der Waals surface area (Å²) in [6.45, 7) is 0.383. The van der Waals surface area contributed by atoms with Crippen LogP contribution >= 0.6 is 0 Å². The Hall–Kier alpha value is -3.28. The number of aromatic nitrogens is 2. The van der Waals surface area contributed by atoms with Crippen molar-refractivity contribution in [2.24, 2.45) is 0 Å². The van der Waals surface area contributed by atoms with Crippen molar-refractivity contribution in [1.29, 1.82) is 0 Å². The van der Waals surface area contributed by atoms with Gasteiger partial charge in [0, 0.05) is 41.8 Å². The minimum atomic E-state index is -0.555. The Kier molecular flexibility index (Phi) is 4.08. The topological polar surface area (TPSA) is 64.1 Å². The Morgan fingerprint density at radius 3 is 2.88 bits per heavy atom. The van der Waals surface area contributed by atoms with Crippen LogP contribution in [-0.4, -0.2) is 29.4 Å². The molecule has 0 fully saturated rings. The molecule has 1 atom stereocenters. The molecule has 1 N–H and O–H groups in total. The van der Waals surface area contributed by atoms with E-state index in [4.69, 9.17) is 4.74 Å². The van der Waals surface area contributed by atoms with Gasteiger partial charge in [-0.1, -0.05) is 6.07 Å². The highest BCUT2D eigenvalue weighted by Crippen LogP contribution is 2.35. The van der Waals surface area contributed by atoms with Crippen molar-refractivity contribution in [3.8, 4) is 16.9 Å². The number of hydrogen-bond acceptors (Lipinski definition) is 5. The molecule has 0 saturated carbocycles. The number of Topliss-reactive ketones (excluding diaryl/α,β-unsaturated/α-hetero) is 1. The van der Waals surface area contributed by atoms with Gasteiger partial charge in [-0.25, -0.2) is 9.37 Å². The minimum Gasteiger partial charge on any atom is -0.497 e. The third-order valence-corrected chi connectivity index (χ3v) is 4.52. The summed E-state index contributed by atoms with van der Waals surface area (Å²) in [5, 5.41) is 3.13. The van der Waals surface area contributed by atoms with Crippen molar-refractivity contribution in [3.05, 3.63) is 71.9 Å². The molecule has 5 nitrogen and oxygen atoms in total. The number of anilines is 1. The fraction of sp³-hybridized carbons (Fsp3) is 0.150. The van der Waals surface area contributed by atoms with Crippen LogP contribution in [0.3, 0.4) is 0 Å². The molecule has 3 aromatic rings. The van der Waals surface area contributed by atoms with Crippen LogP contribution in [0.4, 0.5) is 10.2 Å². The molecule has 130 valence electrons. The first-order valence-corrected chi connectivity index (χ1v) is 8.19. The molecule has 0 saturated heterocycles. The summed E-state index contributed by atoms with van der Waals surface area (Å²) in [6.07, 6.45) is 5.18. The first kappa shape index (κ1) is 16.2. The predicted molar refractivity (Wildman–Crippen MR) is 96.0 cm³/mol. The van der Waals surface area contributed by atoms with Gasteiger partial charge in [-0.2, -0.15) is 0 Å². The van der Waals surface area contributed by atoms with Gasteiger partial charge in [-0.15, -0.1) is 0 Å². The van der Waals surface area contributed by atoms with Gasteiger partial charge in [0.25, 0.3) is 0 Å². The second-order valence-electron chi connectivity index (χ2n) is 6.05.